The van der Waals surface area contributed by atoms with E-state index in [1.54, 1.807) is 6.20 Å². The fraction of sp³-hybridized carbons (Fsp3) is 0.0769. The quantitative estimate of drug-likeness (QED) is 0.512. The zero-order valence-electron chi connectivity index (χ0n) is 9.27. The number of aldehydes is 1. The van der Waals surface area contributed by atoms with E-state index in [0.29, 0.717) is 12.2 Å². The van der Waals surface area contributed by atoms with Crippen molar-refractivity contribution in [3.63, 3.8) is 0 Å². The first-order valence-electron chi connectivity index (χ1n) is 5.17. The van der Waals surface area contributed by atoms with Gasteiger partial charge in [0.15, 0.2) is 0 Å². The minimum absolute atomic E-state index is 0.424. The van der Waals surface area contributed by atoms with Crippen LogP contribution in [-0.4, -0.2) is 11.3 Å². The predicted octanol–water partition coefficient (Wildman–Crippen LogP) is 3.68. The fourth-order valence-electron chi connectivity index (χ4n) is 1.42. The third kappa shape index (κ3) is 3.41. The van der Waals surface area contributed by atoms with Crippen molar-refractivity contribution in [3.05, 3.63) is 54.9 Å². The minimum atomic E-state index is 0.424. The van der Waals surface area contributed by atoms with Gasteiger partial charge >= 0.3 is 0 Å². The van der Waals surface area contributed by atoms with Gasteiger partial charge < -0.3 is 4.74 Å². The summed E-state index contributed by atoms with van der Waals surface area (Å²) < 4.78 is 7.62. The molecule has 0 radical (unpaired) electrons. The monoisotopic (exact) mass is 465 g/mol. The van der Waals surface area contributed by atoms with Gasteiger partial charge in [0.1, 0.15) is 18.6 Å². The van der Waals surface area contributed by atoms with E-state index in [0.717, 1.165) is 24.9 Å². The van der Waals surface area contributed by atoms with Gasteiger partial charge in [-0.3, -0.25) is 9.78 Å². The van der Waals surface area contributed by atoms with E-state index >= 15 is 0 Å². The summed E-state index contributed by atoms with van der Waals surface area (Å²) in [7, 11) is 0. The SMILES string of the molecule is O=Cc1cc(I)c(OCc2ccccn2)c(I)c1. The molecule has 18 heavy (non-hydrogen) atoms. The summed E-state index contributed by atoms with van der Waals surface area (Å²) in [5.41, 5.74) is 1.54. The number of rotatable bonds is 4. The molecule has 0 aliphatic carbocycles. The smallest absolute Gasteiger partial charge is 0.150 e. The molecule has 0 fully saturated rings. The highest BCUT2D eigenvalue weighted by Gasteiger charge is 2.09. The molecule has 0 unspecified atom stereocenters. The summed E-state index contributed by atoms with van der Waals surface area (Å²) in [4.78, 5) is 14.9. The molecule has 2 aromatic rings. The van der Waals surface area contributed by atoms with Gasteiger partial charge in [-0.1, -0.05) is 6.07 Å². The summed E-state index contributed by atoms with van der Waals surface area (Å²) in [6, 6.07) is 9.33. The van der Waals surface area contributed by atoms with Crippen molar-refractivity contribution in [3.8, 4) is 5.75 Å². The maximum atomic E-state index is 10.7. The van der Waals surface area contributed by atoms with E-state index < -0.39 is 0 Å². The van der Waals surface area contributed by atoms with Crippen LogP contribution in [0.5, 0.6) is 5.75 Å². The van der Waals surface area contributed by atoms with Crippen molar-refractivity contribution in [1.82, 2.24) is 4.98 Å². The lowest BCUT2D eigenvalue weighted by Gasteiger charge is -2.10. The van der Waals surface area contributed by atoms with Gasteiger partial charge in [-0.2, -0.15) is 0 Å². The van der Waals surface area contributed by atoms with Gasteiger partial charge in [-0.25, -0.2) is 0 Å². The Morgan fingerprint density at radius 1 is 1.22 bits per heavy atom. The minimum Gasteiger partial charge on any atom is -0.485 e. The molecular weight excluding hydrogens is 456 g/mol. The second-order valence-corrected chi connectivity index (χ2v) is 5.87. The lowest BCUT2D eigenvalue weighted by molar-refractivity contribution is 0.112. The van der Waals surface area contributed by atoms with Crippen molar-refractivity contribution in [1.29, 1.82) is 0 Å². The Kier molecular flexibility index (Phi) is 4.93. The third-order valence-electron chi connectivity index (χ3n) is 2.25. The number of benzene rings is 1. The fourth-order valence-corrected chi connectivity index (χ4v) is 3.54. The molecule has 0 bridgehead atoms. The number of pyridine rings is 1. The van der Waals surface area contributed by atoms with Crippen LogP contribution < -0.4 is 4.74 Å². The van der Waals surface area contributed by atoms with Crippen molar-refractivity contribution >= 4 is 51.5 Å². The van der Waals surface area contributed by atoms with E-state index in [2.05, 4.69) is 50.2 Å². The molecule has 92 valence electrons. The first kappa shape index (κ1) is 13.7. The van der Waals surface area contributed by atoms with Crippen LogP contribution in [0.4, 0.5) is 0 Å². The number of carbonyl (C=O) groups excluding carboxylic acids is 1. The second-order valence-electron chi connectivity index (χ2n) is 3.54. The molecule has 1 aromatic carbocycles. The molecule has 0 saturated carbocycles. The Hall–Kier alpha value is -0.700. The van der Waals surface area contributed by atoms with Crippen LogP contribution in [0.1, 0.15) is 16.1 Å². The molecule has 3 nitrogen and oxygen atoms in total. The first-order chi connectivity index (χ1) is 8.70. The Labute approximate surface area is 132 Å². The molecule has 0 spiro atoms. The molecular formula is C13H9I2NO2. The second kappa shape index (κ2) is 6.46. The summed E-state index contributed by atoms with van der Waals surface area (Å²) in [6.45, 7) is 0.424. The predicted molar refractivity (Wildman–Crippen MR) is 85.8 cm³/mol. The van der Waals surface area contributed by atoms with Crippen molar-refractivity contribution < 1.29 is 9.53 Å². The molecule has 0 amide bonds. The highest BCUT2D eigenvalue weighted by Crippen LogP contribution is 2.29. The van der Waals surface area contributed by atoms with Crippen LogP contribution in [0.2, 0.25) is 0 Å². The molecule has 0 aliphatic heterocycles. The van der Waals surface area contributed by atoms with Gasteiger partial charge in [-0.05, 0) is 69.4 Å². The van der Waals surface area contributed by atoms with Crippen LogP contribution >= 0.6 is 45.2 Å². The summed E-state index contributed by atoms with van der Waals surface area (Å²) in [6.07, 6.45) is 2.58. The standard InChI is InChI=1S/C13H9I2NO2/c14-11-5-9(7-17)6-12(15)13(11)18-8-10-3-1-2-4-16-10/h1-7H,8H2. The van der Waals surface area contributed by atoms with Crippen LogP contribution in [0, 0.1) is 7.14 Å². The maximum absolute atomic E-state index is 10.7. The van der Waals surface area contributed by atoms with Gasteiger partial charge in [0.25, 0.3) is 0 Å². The average molecular weight is 465 g/mol. The Morgan fingerprint density at radius 3 is 2.50 bits per heavy atom. The van der Waals surface area contributed by atoms with Crippen molar-refractivity contribution in [2.24, 2.45) is 0 Å². The Balaban J connectivity index is 2.17. The molecule has 2 rings (SSSR count). The first-order valence-corrected chi connectivity index (χ1v) is 7.33. The highest BCUT2D eigenvalue weighted by atomic mass is 127. The van der Waals surface area contributed by atoms with E-state index in [-0.39, 0.29) is 0 Å². The van der Waals surface area contributed by atoms with Crippen LogP contribution in [-0.2, 0) is 6.61 Å². The Bertz CT molecular complexity index is 535. The topological polar surface area (TPSA) is 39.2 Å². The number of hydrogen-bond donors (Lipinski definition) is 0. The van der Waals surface area contributed by atoms with Crippen molar-refractivity contribution in [2.75, 3.05) is 0 Å². The summed E-state index contributed by atoms with van der Waals surface area (Å²) >= 11 is 4.34. The van der Waals surface area contributed by atoms with E-state index in [4.69, 9.17) is 4.74 Å². The maximum Gasteiger partial charge on any atom is 0.150 e. The van der Waals surface area contributed by atoms with E-state index in [1.807, 2.05) is 30.3 Å². The van der Waals surface area contributed by atoms with Gasteiger partial charge in [0, 0.05) is 11.8 Å². The van der Waals surface area contributed by atoms with E-state index in [1.165, 1.54) is 0 Å². The van der Waals surface area contributed by atoms with Gasteiger partial charge in [-0.15, -0.1) is 0 Å². The van der Waals surface area contributed by atoms with Crippen LogP contribution in [0.15, 0.2) is 36.5 Å². The number of aromatic nitrogens is 1. The average Bonchev–Trinajstić information content (AvgIpc) is 2.38. The number of hydrogen-bond acceptors (Lipinski definition) is 3. The zero-order valence-corrected chi connectivity index (χ0v) is 13.6. The van der Waals surface area contributed by atoms with Gasteiger partial charge in [0.2, 0.25) is 0 Å². The normalized spacial score (nSPS) is 10.1. The number of halogens is 2. The molecule has 5 heteroatoms. The molecule has 0 N–H and O–H groups in total. The lowest BCUT2D eigenvalue weighted by Crippen LogP contribution is -2.01. The number of carbonyl (C=O) groups is 1. The largest absolute Gasteiger partial charge is 0.485 e. The zero-order chi connectivity index (χ0) is 13.0. The van der Waals surface area contributed by atoms with E-state index in [9.17, 15) is 4.79 Å². The molecule has 1 aromatic heterocycles. The molecule has 0 atom stereocenters. The molecule has 0 saturated heterocycles. The lowest BCUT2D eigenvalue weighted by atomic mass is 10.2. The summed E-state index contributed by atoms with van der Waals surface area (Å²) in [5.74, 6) is 0.799. The van der Waals surface area contributed by atoms with Crippen molar-refractivity contribution in [2.45, 2.75) is 6.61 Å². The molecule has 0 aliphatic rings. The number of nitrogens with zero attached hydrogens (tertiary/aromatic N) is 1. The summed E-state index contributed by atoms with van der Waals surface area (Å²) in [5, 5.41) is 0. The van der Waals surface area contributed by atoms with Crippen LogP contribution in [0.25, 0.3) is 0 Å². The highest BCUT2D eigenvalue weighted by molar-refractivity contribution is 14.1. The third-order valence-corrected chi connectivity index (χ3v) is 3.85. The van der Waals surface area contributed by atoms with Gasteiger partial charge in [0.05, 0.1) is 12.8 Å². The van der Waals surface area contributed by atoms with Crippen LogP contribution in [0.3, 0.4) is 0 Å². The molecule has 1 heterocycles. The Morgan fingerprint density at radius 2 is 1.94 bits per heavy atom. The number of ether oxygens (including phenoxy) is 1.